The minimum absolute atomic E-state index is 0.0818. The van der Waals surface area contributed by atoms with E-state index in [1.807, 2.05) is 6.92 Å². The molecule has 0 saturated carbocycles. The Balaban J connectivity index is 1.84. The molecule has 1 aliphatic rings. The maximum Gasteiger partial charge on any atom is 0.300 e. The largest absolute Gasteiger partial charge is 0.507 e. The van der Waals surface area contributed by atoms with Crippen molar-refractivity contribution in [2.45, 2.75) is 19.4 Å². The van der Waals surface area contributed by atoms with Gasteiger partial charge < -0.3 is 14.6 Å². The molecule has 1 unspecified atom stereocenters. The van der Waals surface area contributed by atoms with Crippen LogP contribution in [0.1, 0.15) is 30.5 Å². The van der Waals surface area contributed by atoms with E-state index in [-0.39, 0.29) is 17.0 Å². The SMILES string of the molecule is CCCOc1ccc(/C(O)=C2\C(=O)C(=O)N(c3cccc(F)c3)C2c2ccc(OC)cc2)cc1. The molecule has 34 heavy (non-hydrogen) atoms. The summed E-state index contributed by atoms with van der Waals surface area (Å²) < 4.78 is 24.8. The molecular formula is C27H24FNO5. The molecule has 1 saturated heterocycles. The molecule has 0 aromatic heterocycles. The Morgan fingerprint density at radius 1 is 1.00 bits per heavy atom. The van der Waals surface area contributed by atoms with Gasteiger partial charge in [-0.3, -0.25) is 14.5 Å². The summed E-state index contributed by atoms with van der Waals surface area (Å²) in [7, 11) is 1.53. The molecule has 3 aromatic rings. The van der Waals surface area contributed by atoms with E-state index >= 15 is 0 Å². The van der Waals surface area contributed by atoms with Gasteiger partial charge in [0.25, 0.3) is 11.7 Å². The van der Waals surface area contributed by atoms with Crippen molar-refractivity contribution in [1.82, 2.24) is 0 Å². The number of aliphatic hydroxyl groups excluding tert-OH is 1. The summed E-state index contributed by atoms with van der Waals surface area (Å²) in [6.45, 7) is 2.55. The minimum Gasteiger partial charge on any atom is -0.507 e. The number of carbonyl (C=O) groups excluding carboxylic acids is 2. The molecular weight excluding hydrogens is 437 g/mol. The predicted octanol–water partition coefficient (Wildman–Crippen LogP) is 5.25. The van der Waals surface area contributed by atoms with E-state index in [2.05, 4.69) is 0 Å². The number of Topliss-reactive ketones (excluding diaryl/α,β-unsaturated/α-hetero) is 1. The van der Waals surface area contributed by atoms with Crippen LogP contribution < -0.4 is 14.4 Å². The van der Waals surface area contributed by atoms with E-state index in [1.54, 1.807) is 54.6 Å². The summed E-state index contributed by atoms with van der Waals surface area (Å²) in [4.78, 5) is 27.5. The molecule has 0 bridgehead atoms. The number of aliphatic hydroxyl groups is 1. The van der Waals surface area contributed by atoms with Crippen LogP contribution in [-0.4, -0.2) is 30.5 Å². The number of methoxy groups -OCH3 is 1. The molecule has 174 valence electrons. The molecule has 3 aromatic carbocycles. The fraction of sp³-hybridized carbons (Fsp3) is 0.185. The van der Waals surface area contributed by atoms with Gasteiger partial charge in [-0.25, -0.2) is 4.39 Å². The summed E-state index contributed by atoms with van der Waals surface area (Å²) in [6.07, 6.45) is 0.854. The molecule has 0 spiro atoms. The molecule has 6 nitrogen and oxygen atoms in total. The number of anilines is 1. The smallest absolute Gasteiger partial charge is 0.300 e. The Morgan fingerprint density at radius 2 is 1.68 bits per heavy atom. The van der Waals surface area contributed by atoms with Crippen molar-refractivity contribution >= 4 is 23.1 Å². The number of hydrogen-bond acceptors (Lipinski definition) is 5. The molecule has 1 N–H and O–H groups in total. The normalized spacial score (nSPS) is 17.1. The average Bonchev–Trinajstić information content (AvgIpc) is 3.13. The number of halogens is 1. The van der Waals surface area contributed by atoms with Gasteiger partial charge in [0.15, 0.2) is 0 Å². The van der Waals surface area contributed by atoms with Crippen molar-refractivity contribution in [3.05, 3.63) is 95.3 Å². The maximum atomic E-state index is 14.0. The van der Waals surface area contributed by atoms with Crippen LogP contribution in [0.3, 0.4) is 0 Å². The summed E-state index contributed by atoms with van der Waals surface area (Å²) >= 11 is 0. The van der Waals surface area contributed by atoms with Crippen molar-refractivity contribution < 1.29 is 28.6 Å². The van der Waals surface area contributed by atoms with Crippen LogP contribution >= 0.6 is 0 Å². The van der Waals surface area contributed by atoms with E-state index in [0.717, 1.165) is 6.42 Å². The second kappa shape index (κ2) is 9.79. The topological polar surface area (TPSA) is 76.1 Å². The Labute approximate surface area is 196 Å². The molecule has 1 heterocycles. The van der Waals surface area contributed by atoms with Gasteiger partial charge in [0.05, 0.1) is 25.3 Å². The Hall–Kier alpha value is -4.13. The third-order valence-corrected chi connectivity index (χ3v) is 5.56. The highest BCUT2D eigenvalue weighted by Crippen LogP contribution is 2.42. The lowest BCUT2D eigenvalue weighted by Crippen LogP contribution is -2.29. The molecule has 0 aliphatic carbocycles. The van der Waals surface area contributed by atoms with E-state index in [1.165, 1.54) is 30.2 Å². The monoisotopic (exact) mass is 461 g/mol. The first-order chi connectivity index (χ1) is 16.4. The summed E-state index contributed by atoms with van der Waals surface area (Å²) in [5.74, 6) is -1.35. The Kier molecular flexibility index (Phi) is 6.63. The number of ether oxygens (including phenoxy) is 2. The Bertz CT molecular complexity index is 1230. The first-order valence-corrected chi connectivity index (χ1v) is 10.9. The van der Waals surface area contributed by atoms with Gasteiger partial charge in [0.2, 0.25) is 0 Å². The van der Waals surface area contributed by atoms with Crippen molar-refractivity contribution in [3.8, 4) is 11.5 Å². The fourth-order valence-corrected chi connectivity index (χ4v) is 3.91. The molecule has 1 amide bonds. The number of benzene rings is 3. The van der Waals surface area contributed by atoms with Gasteiger partial charge in [-0.15, -0.1) is 0 Å². The highest BCUT2D eigenvalue weighted by Gasteiger charge is 2.47. The minimum atomic E-state index is -0.955. The third kappa shape index (κ3) is 4.37. The van der Waals surface area contributed by atoms with Gasteiger partial charge in [0.1, 0.15) is 23.1 Å². The lowest BCUT2D eigenvalue weighted by molar-refractivity contribution is -0.132. The van der Waals surface area contributed by atoms with Crippen LogP contribution in [0, 0.1) is 5.82 Å². The summed E-state index contributed by atoms with van der Waals surface area (Å²) in [5, 5.41) is 11.2. The second-order valence-corrected chi connectivity index (χ2v) is 7.79. The third-order valence-electron chi connectivity index (χ3n) is 5.56. The van der Waals surface area contributed by atoms with Gasteiger partial charge >= 0.3 is 0 Å². The number of carbonyl (C=O) groups is 2. The highest BCUT2D eigenvalue weighted by molar-refractivity contribution is 6.51. The summed E-state index contributed by atoms with van der Waals surface area (Å²) in [5.41, 5.74) is 1.06. The summed E-state index contributed by atoms with van der Waals surface area (Å²) in [6, 6.07) is 17.9. The quantitative estimate of drug-likeness (QED) is 0.296. The van der Waals surface area contributed by atoms with Crippen molar-refractivity contribution in [3.63, 3.8) is 0 Å². The molecule has 1 aliphatic heterocycles. The number of amides is 1. The van der Waals surface area contributed by atoms with Gasteiger partial charge in [0, 0.05) is 11.3 Å². The molecule has 1 fully saturated rings. The number of rotatable bonds is 7. The zero-order valence-corrected chi connectivity index (χ0v) is 18.8. The van der Waals surface area contributed by atoms with Crippen LogP contribution in [0.5, 0.6) is 11.5 Å². The molecule has 4 rings (SSSR count). The van der Waals surface area contributed by atoms with Crippen molar-refractivity contribution in [2.24, 2.45) is 0 Å². The average molecular weight is 461 g/mol. The fourth-order valence-electron chi connectivity index (χ4n) is 3.91. The molecule has 1 atom stereocenters. The van der Waals surface area contributed by atoms with Crippen LogP contribution in [0.4, 0.5) is 10.1 Å². The van der Waals surface area contributed by atoms with Crippen molar-refractivity contribution in [2.75, 3.05) is 18.6 Å². The highest BCUT2D eigenvalue weighted by atomic mass is 19.1. The molecule has 0 radical (unpaired) electrons. The molecule has 7 heteroatoms. The standard InChI is InChI=1S/C27H24FNO5/c1-3-15-34-22-13-9-18(10-14-22)25(30)23-24(17-7-11-21(33-2)12-8-17)29(27(32)26(23)31)20-6-4-5-19(28)16-20/h4-14,16,24,30H,3,15H2,1-2H3/b25-23+. The maximum absolute atomic E-state index is 14.0. The van der Waals surface area contributed by atoms with Gasteiger partial charge in [-0.2, -0.15) is 0 Å². The van der Waals surface area contributed by atoms with E-state index in [9.17, 15) is 19.1 Å². The first-order valence-electron chi connectivity index (χ1n) is 10.9. The Morgan fingerprint density at radius 3 is 2.29 bits per heavy atom. The lowest BCUT2D eigenvalue weighted by Gasteiger charge is -2.25. The van der Waals surface area contributed by atoms with Gasteiger partial charge in [-0.05, 0) is 66.6 Å². The van der Waals surface area contributed by atoms with Crippen LogP contribution in [0.2, 0.25) is 0 Å². The predicted molar refractivity (Wildman–Crippen MR) is 126 cm³/mol. The van der Waals surface area contributed by atoms with Crippen molar-refractivity contribution in [1.29, 1.82) is 0 Å². The number of nitrogens with zero attached hydrogens (tertiary/aromatic N) is 1. The lowest BCUT2D eigenvalue weighted by atomic mass is 9.95. The zero-order chi connectivity index (χ0) is 24.2. The van der Waals surface area contributed by atoms with Crippen LogP contribution in [0.25, 0.3) is 5.76 Å². The van der Waals surface area contributed by atoms with E-state index < -0.39 is 23.5 Å². The first kappa shape index (κ1) is 23.0. The van der Waals surface area contributed by atoms with Crippen LogP contribution in [-0.2, 0) is 9.59 Å². The van der Waals surface area contributed by atoms with E-state index in [0.29, 0.717) is 29.2 Å². The number of hydrogen-bond donors (Lipinski definition) is 1. The zero-order valence-electron chi connectivity index (χ0n) is 18.8. The number of ketones is 1. The van der Waals surface area contributed by atoms with Crippen LogP contribution in [0.15, 0.2) is 78.4 Å². The second-order valence-electron chi connectivity index (χ2n) is 7.79. The van der Waals surface area contributed by atoms with E-state index in [4.69, 9.17) is 9.47 Å². The van der Waals surface area contributed by atoms with Gasteiger partial charge in [-0.1, -0.05) is 25.1 Å².